The van der Waals surface area contributed by atoms with Crippen LogP contribution in [0.25, 0.3) is 0 Å². The summed E-state index contributed by atoms with van der Waals surface area (Å²) in [5, 5.41) is 4.21. The van der Waals surface area contributed by atoms with Crippen LogP contribution in [-0.4, -0.2) is 43.1 Å². The van der Waals surface area contributed by atoms with E-state index in [1.54, 1.807) is 17.8 Å². The second kappa shape index (κ2) is 7.23. The number of aromatic nitrogens is 2. The first-order valence-corrected chi connectivity index (χ1v) is 9.23. The van der Waals surface area contributed by atoms with Crippen molar-refractivity contribution in [1.29, 1.82) is 0 Å². The van der Waals surface area contributed by atoms with Gasteiger partial charge in [-0.2, -0.15) is 5.10 Å². The molecule has 1 aromatic rings. The summed E-state index contributed by atoms with van der Waals surface area (Å²) < 4.78 is 33.3. The van der Waals surface area contributed by atoms with Gasteiger partial charge in [0.25, 0.3) is 5.91 Å². The van der Waals surface area contributed by atoms with E-state index in [4.69, 9.17) is 4.74 Å². The van der Waals surface area contributed by atoms with Crippen LogP contribution in [0.2, 0.25) is 0 Å². The van der Waals surface area contributed by atoms with Crippen molar-refractivity contribution in [3.05, 3.63) is 17.5 Å². The minimum atomic E-state index is -3.66. The van der Waals surface area contributed by atoms with Gasteiger partial charge in [0.15, 0.2) is 0 Å². The number of hydrogen-bond donors (Lipinski definition) is 1. The van der Waals surface area contributed by atoms with Gasteiger partial charge in [-0.1, -0.05) is 6.92 Å². The molecule has 22 heavy (non-hydrogen) atoms. The molecule has 2 heterocycles. The lowest BCUT2D eigenvalue weighted by molar-refractivity contribution is 0.0624. The van der Waals surface area contributed by atoms with Gasteiger partial charge in [0.05, 0.1) is 23.6 Å². The highest BCUT2D eigenvalue weighted by molar-refractivity contribution is 7.90. The van der Waals surface area contributed by atoms with Gasteiger partial charge >= 0.3 is 0 Å². The largest absolute Gasteiger partial charge is 0.381 e. The van der Waals surface area contributed by atoms with Crippen molar-refractivity contribution in [1.82, 2.24) is 14.5 Å². The lowest BCUT2D eigenvalue weighted by Gasteiger charge is -2.21. The third kappa shape index (κ3) is 4.54. The molecule has 0 aromatic carbocycles. The fraction of sp³-hybridized carbons (Fsp3) is 0.714. The van der Waals surface area contributed by atoms with Crippen molar-refractivity contribution in [3.63, 3.8) is 0 Å². The molecule has 1 aromatic heterocycles. The molecule has 1 fully saturated rings. The normalized spacial score (nSPS) is 19.1. The van der Waals surface area contributed by atoms with Gasteiger partial charge in [-0.15, -0.1) is 0 Å². The van der Waals surface area contributed by atoms with E-state index in [9.17, 15) is 13.2 Å². The molecule has 8 heteroatoms. The van der Waals surface area contributed by atoms with E-state index in [-0.39, 0.29) is 11.7 Å². The fourth-order valence-corrected chi connectivity index (χ4v) is 3.93. The van der Waals surface area contributed by atoms with Crippen LogP contribution in [-0.2, 0) is 21.3 Å². The van der Waals surface area contributed by atoms with Gasteiger partial charge in [0, 0.05) is 19.3 Å². The topological polar surface area (TPSA) is 90.3 Å². The number of amides is 1. The van der Waals surface area contributed by atoms with E-state index in [2.05, 4.69) is 9.82 Å². The van der Waals surface area contributed by atoms with Crippen LogP contribution < -0.4 is 4.72 Å². The first-order chi connectivity index (χ1) is 10.4. The summed E-state index contributed by atoms with van der Waals surface area (Å²) in [6.45, 7) is 5.51. The molecule has 1 unspecified atom stereocenters. The van der Waals surface area contributed by atoms with Crippen LogP contribution >= 0.6 is 0 Å². The Morgan fingerprint density at radius 3 is 2.95 bits per heavy atom. The lowest BCUT2D eigenvalue weighted by atomic mass is 10.1. The van der Waals surface area contributed by atoms with Gasteiger partial charge in [0.2, 0.25) is 10.0 Å². The van der Waals surface area contributed by atoms with Crippen molar-refractivity contribution >= 4 is 15.9 Å². The first kappa shape index (κ1) is 17.0. The molecule has 0 saturated carbocycles. The monoisotopic (exact) mass is 329 g/mol. The lowest BCUT2D eigenvalue weighted by Crippen LogP contribution is -2.36. The molecule has 1 aliphatic rings. The molecule has 1 N–H and O–H groups in total. The third-order valence-electron chi connectivity index (χ3n) is 3.60. The zero-order valence-electron chi connectivity index (χ0n) is 13.0. The molecule has 1 amide bonds. The highest BCUT2D eigenvalue weighted by atomic mass is 32.2. The zero-order valence-corrected chi connectivity index (χ0v) is 13.9. The molecule has 0 bridgehead atoms. The summed E-state index contributed by atoms with van der Waals surface area (Å²) in [7, 11) is -3.66. The number of sulfonamides is 1. The average Bonchev–Trinajstić information content (AvgIpc) is 2.80. The van der Waals surface area contributed by atoms with E-state index in [1.165, 1.54) is 0 Å². The number of nitrogens with zero attached hydrogens (tertiary/aromatic N) is 2. The highest BCUT2D eigenvalue weighted by Gasteiger charge is 2.25. The number of carbonyl (C=O) groups excluding carboxylic acids is 1. The maximum absolute atomic E-state index is 12.2. The number of nitrogens with one attached hydrogen (secondary N) is 1. The van der Waals surface area contributed by atoms with Crippen LogP contribution in [0.1, 0.15) is 42.2 Å². The van der Waals surface area contributed by atoms with Crippen LogP contribution in [0, 0.1) is 12.8 Å². The molecule has 1 aliphatic heterocycles. The van der Waals surface area contributed by atoms with Gasteiger partial charge in [-0.05, 0) is 32.1 Å². The van der Waals surface area contributed by atoms with Crippen molar-refractivity contribution in [2.24, 2.45) is 5.92 Å². The summed E-state index contributed by atoms with van der Waals surface area (Å²) >= 11 is 0. The van der Waals surface area contributed by atoms with Gasteiger partial charge < -0.3 is 4.74 Å². The maximum Gasteiger partial charge on any atom is 0.268 e. The van der Waals surface area contributed by atoms with Crippen molar-refractivity contribution in [2.75, 3.05) is 19.0 Å². The summed E-state index contributed by atoms with van der Waals surface area (Å²) in [5.41, 5.74) is 0.832. The van der Waals surface area contributed by atoms with Crippen LogP contribution in [0.3, 0.4) is 0 Å². The van der Waals surface area contributed by atoms with Crippen LogP contribution in [0.4, 0.5) is 0 Å². The molecular weight excluding hydrogens is 306 g/mol. The third-order valence-corrected chi connectivity index (χ3v) is 5.01. The second-order valence-corrected chi connectivity index (χ2v) is 7.45. The Labute approximate surface area is 131 Å². The van der Waals surface area contributed by atoms with E-state index < -0.39 is 15.9 Å². The fourth-order valence-electron chi connectivity index (χ4n) is 2.57. The second-order valence-electron chi connectivity index (χ2n) is 5.69. The summed E-state index contributed by atoms with van der Waals surface area (Å²) in [5.74, 6) is -0.750. The summed E-state index contributed by atoms with van der Waals surface area (Å²) in [4.78, 5) is 12.2. The Morgan fingerprint density at radius 2 is 2.32 bits per heavy atom. The number of aryl methyl sites for hydroxylation is 2. The van der Waals surface area contributed by atoms with E-state index >= 15 is 0 Å². The Bertz CT molecular complexity index is 618. The number of carbonyl (C=O) groups is 1. The predicted molar refractivity (Wildman–Crippen MR) is 82.1 cm³/mol. The van der Waals surface area contributed by atoms with Gasteiger partial charge in [0.1, 0.15) is 0 Å². The smallest absolute Gasteiger partial charge is 0.268 e. The van der Waals surface area contributed by atoms with E-state index in [0.29, 0.717) is 31.0 Å². The number of hydrogen-bond acceptors (Lipinski definition) is 5. The van der Waals surface area contributed by atoms with Crippen molar-refractivity contribution in [2.45, 2.75) is 39.7 Å². The van der Waals surface area contributed by atoms with Gasteiger partial charge in [-0.3, -0.25) is 9.48 Å². The highest BCUT2D eigenvalue weighted by Crippen LogP contribution is 2.15. The SMILES string of the molecule is CCCn1cc(C(=O)NS(=O)(=O)CC2CCCOC2)c(C)n1. The molecule has 0 aliphatic carbocycles. The Hall–Kier alpha value is -1.41. The standard InChI is InChI=1S/C14H23N3O4S/c1-3-6-17-8-13(11(2)15-17)14(18)16-22(19,20)10-12-5-4-7-21-9-12/h8,12H,3-7,9-10H2,1-2H3,(H,16,18). The molecule has 7 nitrogen and oxygen atoms in total. The molecular formula is C14H23N3O4S. The van der Waals surface area contributed by atoms with Crippen LogP contribution in [0.15, 0.2) is 6.20 Å². The average molecular weight is 329 g/mol. The van der Waals surface area contributed by atoms with Gasteiger partial charge in [-0.25, -0.2) is 13.1 Å². The molecule has 0 radical (unpaired) electrons. The molecule has 1 saturated heterocycles. The predicted octanol–water partition coefficient (Wildman–Crippen LogP) is 1.09. The number of rotatable bonds is 6. The summed E-state index contributed by atoms with van der Waals surface area (Å²) in [6.07, 6.45) is 4.15. The maximum atomic E-state index is 12.2. The van der Waals surface area contributed by atoms with E-state index in [1.807, 2.05) is 6.92 Å². The Balaban J connectivity index is 2.00. The zero-order chi connectivity index (χ0) is 16.2. The van der Waals surface area contributed by atoms with Crippen molar-refractivity contribution in [3.8, 4) is 0 Å². The minimum absolute atomic E-state index is 0.0528. The number of ether oxygens (including phenoxy) is 1. The quantitative estimate of drug-likeness (QED) is 0.843. The van der Waals surface area contributed by atoms with E-state index in [0.717, 1.165) is 19.3 Å². The minimum Gasteiger partial charge on any atom is -0.381 e. The van der Waals surface area contributed by atoms with Crippen molar-refractivity contribution < 1.29 is 17.9 Å². The molecule has 0 spiro atoms. The first-order valence-electron chi connectivity index (χ1n) is 7.58. The summed E-state index contributed by atoms with van der Waals surface area (Å²) in [6, 6.07) is 0. The van der Waals surface area contributed by atoms with Crippen LogP contribution in [0.5, 0.6) is 0 Å². The molecule has 1 atom stereocenters. The molecule has 124 valence electrons. The Kier molecular flexibility index (Phi) is 5.57. The molecule has 2 rings (SSSR count). The Morgan fingerprint density at radius 1 is 1.55 bits per heavy atom.